The standard InChI is InChI=1S/C15H14N4O3S/c1-22-14-5-3-2-4-13(14)17-15(23)18-16-10-11-6-8-12(9-7-11)19(20)21/h2-10H,1H3,(H2,17,18,23). The van der Waals surface area contributed by atoms with Crippen LogP contribution in [0.4, 0.5) is 11.4 Å². The van der Waals surface area contributed by atoms with Crippen molar-refractivity contribution >= 4 is 34.9 Å². The number of thiocarbonyl (C=S) groups is 1. The van der Waals surface area contributed by atoms with E-state index in [0.29, 0.717) is 16.4 Å². The lowest BCUT2D eigenvalue weighted by atomic mass is 10.2. The van der Waals surface area contributed by atoms with E-state index in [1.807, 2.05) is 24.3 Å². The van der Waals surface area contributed by atoms with Gasteiger partial charge in [0.2, 0.25) is 0 Å². The van der Waals surface area contributed by atoms with Gasteiger partial charge in [-0.05, 0) is 42.0 Å². The number of nitro groups is 1. The van der Waals surface area contributed by atoms with E-state index in [4.69, 9.17) is 17.0 Å². The lowest BCUT2D eigenvalue weighted by Gasteiger charge is -2.10. The van der Waals surface area contributed by atoms with Gasteiger partial charge in [-0.25, -0.2) is 0 Å². The Morgan fingerprint density at radius 2 is 1.96 bits per heavy atom. The zero-order valence-corrected chi connectivity index (χ0v) is 13.0. The van der Waals surface area contributed by atoms with Crippen molar-refractivity contribution in [1.82, 2.24) is 5.43 Å². The van der Waals surface area contributed by atoms with Crippen LogP contribution >= 0.6 is 12.2 Å². The first kappa shape index (κ1) is 16.4. The first-order valence-corrected chi connectivity index (χ1v) is 6.98. The fraction of sp³-hybridized carbons (Fsp3) is 0.0667. The zero-order valence-electron chi connectivity index (χ0n) is 12.2. The van der Waals surface area contributed by atoms with Crippen molar-refractivity contribution in [1.29, 1.82) is 0 Å². The summed E-state index contributed by atoms with van der Waals surface area (Å²) < 4.78 is 5.21. The summed E-state index contributed by atoms with van der Waals surface area (Å²) in [5.74, 6) is 0.663. The fourth-order valence-electron chi connectivity index (χ4n) is 1.75. The number of hydrogen-bond donors (Lipinski definition) is 2. The molecule has 8 heteroatoms. The number of benzene rings is 2. The third-order valence-corrected chi connectivity index (χ3v) is 3.03. The number of nitrogens with one attached hydrogen (secondary N) is 2. The van der Waals surface area contributed by atoms with Gasteiger partial charge in [-0.15, -0.1) is 0 Å². The summed E-state index contributed by atoms with van der Waals surface area (Å²) >= 11 is 5.13. The van der Waals surface area contributed by atoms with Gasteiger partial charge >= 0.3 is 0 Å². The van der Waals surface area contributed by atoms with E-state index in [1.54, 1.807) is 19.2 Å². The molecule has 2 aromatic carbocycles. The van der Waals surface area contributed by atoms with Gasteiger partial charge in [-0.1, -0.05) is 12.1 Å². The van der Waals surface area contributed by atoms with E-state index >= 15 is 0 Å². The number of nitrogens with zero attached hydrogens (tertiary/aromatic N) is 2. The third kappa shape index (κ3) is 4.75. The molecule has 0 atom stereocenters. The largest absolute Gasteiger partial charge is 0.495 e. The van der Waals surface area contributed by atoms with Gasteiger partial charge in [-0.2, -0.15) is 5.10 Å². The second-order valence-corrected chi connectivity index (χ2v) is 4.78. The Morgan fingerprint density at radius 3 is 2.61 bits per heavy atom. The molecule has 0 saturated carbocycles. The lowest BCUT2D eigenvalue weighted by Crippen LogP contribution is -2.24. The van der Waals surface area contributed by atoms with E-state index in [9.17, 15) is 10.1 Å². The number of methoxy groups -OCH3 is 1. The zero-order chi connectivity index (χ0) is 16.7. The molecule has 0 aliphatic heterocycles. The number of non-ortho nitro benzene ring substituents is 1. The van der Waals surface area contributed by atoms with Crippen LogP contribution in [0.2, 0.25) is 0 Å². The Hall–Kier alpha value is -3.00. The van der Waals surface area contributed by atoms with Crippen LogP contribution in [0.5, 0.6) is 5.75 Å². The van der Waals surface area contributed by atoms with Gasteiger partial charge in [0, 0.05) is 12.1 Å². The summed E-state index contributed by atoms with van der Waals surface area (Å²) in [4.78, 5) is 10.1. The molecule has 0 bridgehead atoms. The first-order chi connectivity index (χ1) is 11.1. The van der Waals surface area contributed by atoms with Crippen molar-refractivity contribution in [3.63, 3.8) is 0 Å². The highest BCUT2D eigenvalue weighted by atomic mass is 32.1. The number of para-hydroxylation sites is 2. The van der Waals surface area contributed by atoms with E-state index in [-0.39, 0.29) is 5.69 Å². The fourth-order valence-corrected chi connectivity index (χ4v) is 1.91. The van der Waals surface area contributed by atoms with Gasteiger partial charge in [0.05, 0.1) is 23.9 Å². The van der Waals surface area contributed by atoms with Gasteiger partial charge in [0.15, 0.2) is 5.11 Å². The molecule has 2 rings (SSSR count). The van der Waals surface area contributed by atoms with Gasteiger partial charge in [0.1, 0.15) is 5.75 Å². The number of hydrogen-bond acceptors (Lipinski definition) is 5. The van der Waals surface area contributed by atoms with Crippen molar-refractivity contribution < 1.29 is 9.66 Å². The van der Waals surface area contributed by atoms with Crippen LogP contribution in [0.25, 0.3) is 0 Å². The second-order valence-electron chi connectivity index (χ2n) is 4.37. The maximum absolute atomic E-state index is 10.6. The highest BCUT2D eigenvalue weighted by Crippen LogP contribution is 2.22. The number of rotatable bonds is 5. The number of ether oxygens (including phenoxy) is 1. The predicted octanol–water partition coefficient (Wildman–Crippen LogP) is 2.92. The van der Waals surface area contributed by atoms with Crippen LogP contribution in [0.1, 0.15) is 5.56 Å². The van der Waals surface area contributed by atoms with Crippen LogP contribution in [-0.2, 0) is 0 Å². The molecule has 23 heavy (non-hydrogen) atoms. The van der Waals surface area contributed by atoms with E-state index in [2.05, 4.69) is 15.8 Å². The minimum Gasteiger partial charge on any atom is -0.495 e. The van der Waals surface area contributed by atoms with Crippen molar-refractivity contribution in [3.05, 3.63) is 64.2 Å². The summed E-state index contributed by atoms with van der Waals surface area (Å²) in [6.07, 6.45) is 1.51. The molecule has 2 aromatic rings. The smallest absolute Gasteiger partial charge is 0.269 e. The third-order valence-electron chi connectivity index (χ3n) is 2.84. The molecular weight excluding hydrogens is 316 g/mol. The Labute approximate surface area is 138 Å². The Kier molecular flexibility index (Phi) is 5.59. The first-order valence-electron chi connectivity index (χ1n) is 6.57. The van der Waals surface area contributed by atoms with E-state index in [1.165, 1.54) is 18.3 Å². The average molecular weight is 330 g/mol. The number of hydrazone groups is 1. The minimum absolute atomic E-state index is 0.0310. The molecule has 0 saturated heterocycles. The normalized spacial score (nSPS) is 10.3. The lowest BCUT2D eigenvalue weighted by molar-refractivity contribution is -0.384. The van der Waals surface area contributed by atoms with Gasteiger partial charge < -0.3 is 10.1 Å². The molecule has 0 unspecified atom stereocenters. The summed E-state index contributed by atoms with van der Waals surface area (Å²) in [6, 6.07) is 13.4. The summed E-state index contributed by atoms with van der Waals surface area (Å²) in [6.45, 7) is 0. The molecule has 0 aromatic heterocycles. The summed E-state index contributed by atoms with van der Waals surface area (Å²) in [7, 11) is 1.57. The van der Waals surface area contributed by atoms with Crippen LogP contribution in [0, 0.1) is 10.1 Å². The highest BCUT2D eigenvalue weighted by molar-refractivity contribution is 7.80. The van der Waals surface area contributed by atoms with Gasteiger partial charge in [0.25, 0.3) is 5.69 Å². The molecule has 2 N–H and O–H groups in total. The highest BCUT2D eigenvalue weighted by Gasteiger charge is 2.04. The molecule has 0 heterocycles. The molecule has 0 aliphatic rings. The van der Waals surface area contributed by atoms with Gasteiger partial charge in [-0.3, -0.25) is 15.5 Å². The number of nitro benzene ring substituents is 1. The summed E-state index contributed by atoms with van der Waals surface area (Å²) in [5.41, 5.74) is 4.13. The molecule has 0 spiro atoms. The van der Waals surface area contributed by atoms with E-state index < -0.39 is 4.92 Å². The molecule has 0 fully saturated rings. The molecule has 0 amide bonds. The molecule has 0 aliphatic carbocycles. The Morgan fingerprint density at radius 1 is 1.26 bits per heavy atom. The quantitative estimate of drug-likeness (QED) is 0.379. The van der Waals surface area contributed by atoms with Crippen LogP contribution in [0.15, 0.2) is 53.6 Å². The predicted molar refractivity (Wildman–Crippen MR) is 93.0 cm³/mol. The van der Waals surface area contributed by atoms with E-state index in [0.717, 1.165) is 5.69 Å². The second kappa shape index (κ2) is 7.85. The minimum atomic E-state index is -0.453. The summed E-state index contributed by atoms with van der Waals surface area (Å²) in [5, 5.41) is 17.8. The molecule has 0 radical (unpaired) electrons. The van der Waals surface area contributed by atoms with Crippen molar-refractivity contribution in [2.24, 2.45) is 5.10 Å². The molecule has 118 valence electrons. The SMILES string of the molecule is COc1ccccc1NC(=S)NN=Cc1ccc([N+](=O)[O-])cc1. The van der Waals surface area contributed by atoms with Crippen LogP contribution in [0.3, 0.4) is 0 Å². The maximum Gasteiger partial charge on any atom is 0.269 e. The average Bonchev–Trinajstić information content (AvgIpc) is 2.56. The number of anilines is 1. The van der Waals surface area contributed by atoms with Crippen LogP contribution in [-0.4, -0.2) is 23.4 Å². The van der Waals surface area contributed by atoms with Crippen LogP contribution < -0.4 is 15.5 Å². The topological polar surface area (TPSA) is 88.8 Å². The Balaban J connectivity index is 1.92. The maximum atomic E-state index is 10.6. The van der Waals surface area contributed by atoms with Crippen molar-refractivity contribution in [2.75, 3.05) is 12.4 Å². The van der Waals surface area contributed by atoms with Crippen molar-refractivity contribution in [3.8, 4) is 5.75 Å². The monoisotopic (exact) mass is 330 g/mol. The van der Waals surface area contributed by atoms with Crippen molar-refractivity contribution in [2.45, 2.75) is 0 Å². The molecule has 7 nitrogen and oxygen atoms in total. The Bertz CT molecular complexity index is 732. The molecular formula is C15H14N4O3S.